The second-order valence-electron chi connectivity index (χ2n) is 5.49. The Morgan fingerprint density at radius 3 is 3.15 bits per heavy atom. The number of halogens is 1. The fourth-order valence-electron chi connectivity index (χ4n) is 2.61. The Balaban J connectivity index is 1.70. The van der Waals surface area contributed by atoms with Gasteiger partial charge in [0.25, 0.3) is 0 Å². The van der Waals surface area contributed by atoms with Crippen LogP contribution in [0.4, 0.5) is 0 Å². The van der Waals surface area contributed by atoms with Gasteiger partial charge < -0.3 is 9.84 Å². The van der Waals surface area contributed by atoms with Crippen molar-refractivity contribution in [3.05, 3.63) is 46.6 Å². The standard InChI is InChI=1S/C15H18ClN3O/c1-10-5-6-17-13(7-10)15-18-14(19-20-15)9-11-3-2-4-12(16)8-11/h2-4,8,10,13,17H,5-7,9H2,1H3. The Bertz CT molecular complexity index is 584. The van der Waals surface area contributed by atoms with Crippen LogP contribution in [0.5, 0.6) is 0 Å². The number of nitrogens with zero attached hydrogens (tertiary/aromatic N) is 2. The van der Waals surface area contributed by atoms with Crippen molar-refractivity contribution in [2.75, 3.05) is 6.54 Å². The van der Waals surface area contributed by atoms with Gasteiger partial charge in [0.2, 0.25) is 5.89 Å². The zero-order chi connectivity index (χ0) is 13.9. The second-order valence-corrected chi connectivity index (χ2v) is 5.93. The van der Waals surface area contributed by atoms with Crippen molar-refractivity contribution in [2.45, 2.75) is 32.2 Å². The molecule has 1 aliphatic rings. The molecule has 2 atom stereocenters. The Kier molecular flexibility index (Phi) is 4.03. The Labute approximate surface area is 123 Å². The molecular formula is C15H18ClN3O. The first-order valence-corrected chi connectivity index (χ1v) is 7.39. The van der Waals surface area contributed by atoms with Crippen molar-refractivity contribution in [2.24, 2.45) is 5.92 Å². The summed E-state index contributed by atoms with van der Waals surface area (Å²) in [5.41, 5.74) is 1.09. The third-order valence-corrected chi connectivity index (χ3v) is 3.93. The molecule has 20 heavy (non-hydrogen) atoms. The molecule has 0 saturated carbocycles. The van der Waals surface area contributed by atoms with Gasteiger partial charge in [-0.05, 0) is 43.0 Å². The van der Waals surface area contributed by atoms with E-state index in [0.29, 0.717) is 24.1 Å². The van der Waals surface area contributed by atoms with Crippen LogP contribution in [0.15, 0.2) is 28.8 Å². The SMILES string of the molecule is CC1CCNC(c2nc(Cc3cccc(Cl)c3)no2)C1. The van der Waals surface area contributed by atoms with Crippen LogP contribution < -0.4 is 5.32 Å². The quantitative estimate of drug-likeness (QED) is 0.942. The molecule has 0 bridgehead atoms. The van der Waals surface area contributed by atoms with E-state index in [9.17, 15) is 0 Å². The highest BCUT2D eigenvalue weighted by Crippen LogP contribution is 2.26. The van der Waals surface area contributed by atoms with Gasteiger partial charge in [-0.3, -0.25) is 0 Å². The fourth-order valence-corrected chi connectivity index (χ4v) is 2.82. The summed E-state index contributed by atoms with van der Waals surface area (Å²) in [5, 5.41) is 8.24. The summed E-state index contributed by atoms with van der Waals surface area (Å²) in [6, 6.07) is 7.93. The third-order valence-electron chi connectivity index (χ3n) is 3.70. The minimum Gasteiger partial charge on any atom is -0.338 e. The molecule has 3 rings (SSSR count). The van der Waals surface area contributed by atoms with Crippen molar-refractivity contribution in [1.29, 1.82) is 0 Å². The molecule has 1 saturated heterocycles. The Morgan fingerprint density at radius 1 is 1.45 bits per heavy atom. The maximum Gasteiger partial charge on any atom is 0.243 e. The molecule has 2 aromatic rings. The molecule has 5 heteroatoms. The third kappa shape index (κ3) is 3.19. The summed E-state index contributed by atoms with van der Waals surface area (Å²) in [6.07, 6.45) is 2.91. The highest BCUT2D eigenvalue weighted by Gasteiger charge is 2.24. The first-order chi connectivity index (χ1) is 9.70. The molecule has 2 unspecified atom stereocenters. The second kappa shape index (κ2) is 5.94. The number of benzene rings is 1. The predicted molar refractivity (Wildman–Crippen MR) is 77.7 cm³/mol. The van der Waals surface area contributed by atoms with E-state index < -0.39 is 0 Å². The molecular weight excluding hydrogens is 274 g/mol. The van der Waals surface area contributed by atoms with Crippen molar-refractivity contribution in [3.8, 4) is 0 Å². The minimum atomic E-state index is 0.194. The van der Waals surface area contributed by atoms with E-state index in [0.717, 1.165) is 23.6 Å². The van der Waals surface area contributed by atoms with Crippen molar-refractivity contribution in [3.63, 3.8) is 0 Å². The van der Waals surface area contributed by atoms with Crippen molar-refractivity contribution in [1.82, 2.24) is 15.5 Å². The molecule has 0 aliphatic carbocycles. The maximum atomic E-state index is 5.98. The molecule has 1 N–H and O–H groups in total. The summed E-state index contributed by atoms with van der Waals surface area (Å²) < 4.78 is 5.40. The Hall–Kier alpha value is -1.39. The summed E-state index contributed by atoms with van der Waals surface area (Å²) in [7, 11) is 0. The van der Waals surface area contributed by atoms with E-state index in [1.165, 1.54) is 6.42 Å². The zero-order valence-corrected chi connectivity index (χ0v) is 12.2. The first-order valence-electron chi connectivity index (χ1n) is 7.01. The monoisotopic (exact) mass is 291 g/mol. The summed E-state index contributed by atoms with van der Waals surface area (Å²) in [4.78, 5) is 4.51. The lowest BCUT2D eigenvalue weighted by molar-refractivity contribution is 0.259. The summed E-state index contributed by atoms with van der Waals surface area (Å²) in [5.74, 6) is 2.11. The molecule has 106 valence electrons. The number of hydrogen-bond acceptors (Lipinski definition) is 4. The van der Waals surface area contributed by atoms with E-state index in [2.05, 4.69) is 22.4 Å². The highest BCUT2D eigenvalue weighted by atomic mass is 35.5. The van der Waals surface area contributed by atoms with Crippen LogP contribution in [0.2, 0.25) is 5.02 Å². The molecule has 4 nitrogen and oxygen atoms in total. The van der Waals surface area contributed by atoms with Gasteiger partial charge in [-0.25, -0.2) is 0 Å². The molecule has 1 aliphatic heterocycles. The zero-order valence-electron chi connectivity index (χ0n) is 11.5. The van der Waals surface area contributed by atoms with Crippen LogP contribution in [0, 0.1) is 5.92 Å². The topological polar surface area (TPSA) is 51.0 Å². The van der Waals surface area contributed by atoms with E-state index in [1.54, 1.807) is 0 Å². The number of aromatic nitrogens is 2. The van der Waals surface area contributed by atoms with Crippen molar-refractivity contribution >= 4 is 11.6 Å². The molecule has 0 spiro atoms. The smallest absolute Gasteiger partial charge is 0.243 e. The van der Waals surface area contributed by atoms with Gasteiger partial charge in [0.1, 0.15) is 0 Å². The lowest BCUT2D eigenvalue weighted by atomic mass is 9.94. The van der Waals surface area contributed by atoms with Gasteiger partial charge in [0, 0.05) is 11.4 Å². The van der Waals surface area contributed by atoms with Crippen LogP contribution in [-0.4, -0.2) is 16.7 Å². The van der Waals surface area contributed by atoms with E-state index >= 15 is 0 Å². The summed E-state index contributed by atoms with van der Waals surface area (Å²) in [6.45, 7) is 3.27. The maximum absolute atomic E-state index is 5.98. The fraction of sp³-hybridized carbons (Fsp3) is 0.467. The molecule has 0 amide bonds. The van der Waals surface area contributed by atoms with Gasteiger partial charge in [-0.1, -0.05) is 35.8 Å². The summed E-state index contributed by atoms with van der Waals surface area (Å²) >= 11 is 5.98. The minimum absolute atomic E-state index is 0.194. The van der Waals surface area contributed by atoms with E-state index in [4.69, 9.17) is 16.1 Å². The number of hydrogen-bond donors (Lipinski definition) is 1. The average molecular weight is 292 g/mol. The molecule has 0 radical (unpaired) electrons. The lowest BCUT2D eigenvalue weighted by Crippen LogP contribution is -2.30. The first kappa shape index (κ1) is 13.6. The van der Waals surface area contributed by atoms with Gasteiger partial charge in [-0.2, -0.15) is 4.98 Å². The van der Waals surface area contributed by atoms with Crippen LogP contribution in [0.1, 0.15) is 43.1 Å². The predicted octanol–water partition coefficient (Wildman–Crippen LogP) is 3.37. The molecule has 1 aromatic carbocycles. The normalized spacial score (nSPS) is 22.9. The lowest BCUT2D eigenvalue weighted by Gasteiger charge is -2.25. The van der Waals surface area contributed by atoms with Crippen LogP contribution in [0.25, 0.3) is 0 Å². The van der Waals surface area contributed by atoms with Crippen molar-refractivity contribution < 1.29 is 4.52 Å². The van der Waals surface area contributed by atoms with Crippen LogP contribution >= 0.6 is 11.6 Å². The number of piperidine rings is 1. The van der Waals surface area contributed by atoms with Gasteiger partial charge in [-0.15, -0.1) is 0 Å². The molecule has 1 aromatic heterocycles. The molecule has 1 fully saturated rings. The Morgan fingerprint density at radius 2 is 2.35 bits per heavy atom. The van der Waals surface area contributed by atoms with Crippen LogP contribution in [0.3, 0.4) is 0 Å². The molecule has 2 heterocycles. The van der Waals surface area contributed by atoms with Gasteiger partial charge in [0.05, 0.1) is 6.04 Å². The van der Waals surface area contributed by atoms with E-state index in [1.807, 2.05) is 24.3 Å². The average Bonchev–Trinajstić information content (AvgIpc) is 2.87. The largest absolute Gasteiger partial charge is 0.338 e. The van der Waals surface area contributed by atoms with Gasteiger partial charge >= 0.3 is 0 Å². The van der Waals surface area contributed by atoms with E-state index in [-0.39, 0.29) is 6.04 Å². The van der Waals surface area contributed by atoms with Crippen LogP contribution in [-0.2, 0) is 6.42 Å². The number of nitrogens with one attached hydrogen (secondary N) is 1. The number of rotatable bonds is 3. The van der Waals surface area contributed by atoms with Gasteiger partial charge in [0.15, 0.2) is 5.82 Å². The highest BCUT2D eigenvalue weighted by molar-refractivity contribution is 6.30.